The molecule has 1 heterocycles. The maximum absolute atomic E-state index is 9.27. The topological polar surface area (TPSA) is 90.2 Å². The number of alkyl halides is 1. The Morgan fingerprint density at radius 1 is 1.17 bits per heavy atom. The fourth-order valence-corrected chi connectivity index (χ4v) is 1.50. The Kier molecular flexibility index (Phi) is 3.45. The van der Waals surface area contributed by atoms with Crippen LogP contribution in [0, 0.1) is 0 Å². The summed E-state index contributed by atoms with van der Waals surface area (Å²) in [5.74, 6) is 0. The molecule has 1 aliphatic heterocycles. The van der Waals surface area contributed by atoms with Crippen LogP contribution in [-0.4, -0.2) is 56.5 Å². The van der Waals surface area contributed by atoms with Gasteiger partial charge in [-0.3, -0.25) is 0 Å². The summed E-state index contributed by atoms with van der Waals surface area (Å²) in [6, 6.07) is 0. The summed E-state index contributed by atoms with van der Waals surface area (Å²) in [4.78, 5) is -0.727. The molecule has 5 atom stereocenters. The van der Waals surface area contributed by atoms with Crippen LogP contribution in [-0.2, 0) is 4.74 Å². The van der Waals surface area contributed by atoms with Crippen molar-refractivity contribution < 1.29 is 25.2 Å². The highest BCUT2D eigenvalue weighted by atomic mass is 79.9. The molecule has 0 aromatic carbocycles. The summed E-state index contributed by atoms with van der Waals surface area (Å²) in [5.41, 5.74) is 0. The molecule has 0 saturated carbocycles. The van der Waals surface area contributed by atoms with Crippen molar-refractivity contribution in [2.24, 2.45) is 0 Å². The second kappa shape index (κ2) is 3.99. The van der Waals surface area contributed by atoms with Crippen LogP contribution in [0.15, 0.2) is 0 Å². The Balaban J connectivity index is 2.63. The highest BCUT2D eigenvalue weighted by Gasteiger charge is 2.42. The molecule has 3 unspecified atom stereocenters. The second-order valence-electron chi connectivity index (χ2n) is 2.67. The molecule has 1 saturated heterocycles. The van der Waals surface area contributed by atoms with Crippen LogP contribution in [0.3, 0.4) is 0 Å². The molecule has 0 aromatic rings. The number of ether oxygens (including phenoxy) is 1. The van der Waals surface area contributed by atoms with Gasteiger partial charge in [0.2, 0.25) is 0 Å². The molecule has 1 rings (SSSR count). The highest BCUT2D eigenvalue weighted by Crippen LogP contribution is 2.24. The van der Waals surface area contributed by atoms with Crippen molar-refractivity contribution in [2.75, 3.05) is 6.61 Å². The van der Waals surface area contributed by atoms with Crippen LogP contribution in [0.5, 0.6) is 0 Å². The van der Waals surface area contributed by atoms with E-state index in [9.17, 15) is 10.2 Å². The molecule has 4 N–H and O–H groups in total. The summed E-state index contributed by atoms with van der Waals surface area (Å²) in [6.07, 6.45) is -4.45. The van der Waals surface area contributed by atoms with E-state index in [0.29, 0.717) is 0 Å². The first-order valence-corrected chi connectivity index (χ1v) is 4.44. The quantitative estimate of drug-likeness (QED) is 0.407. The van der Waals surface area contributed by atoms with Gasteiger partial charge in [0.15, 0.2) is 6.29 Å². The zero-order valence-corrected chi connectivity index (χ0v) is 7.75. The number of aliphatic hydroxyl groups excluding tert-OH is 4. The van der Waals surface area contributed by atoms with Crippen molar-refractivity contribution >= 4 is 15.9 Å². The third-order valence-electron chi connectivity index (χ3n) is 1.82. The van der Waals surface area contributed by atoms with Gasteiger partial charge in [-0.1, -0.05) is 15.9 Å². The minimum Gasteiger partial charge on any atom is -0.394 e. The van der Waals surface area contributed by atoms with Crippen molar-refractivity contribution in [3.63, 3.8) is 0 Å². The fraction of sp³-hybridized carbons (Fsp3) is 1.00. The van der Waals surface area contributed by atoms with Crippen LogP contribution in [0.25, 0.3) is 0 Å². The van der Waals surface area contributed by atoms with Crippen LogP contribution in [0.4, 0.5) is 0 Å². The van der Waals surface area contributed by atoms with Crippen LogP contribution < -0.4 is 0 Å². The summed E-state index contributed by atoms with van der Waals surface area (Å²) < 4.78 is 4.78. The van der Waals surface area contributed by atoms with Gasteiger partial charge >= 0.3 is 0 Å². The fourth-order valence-electron chi connectivity index (χ4n) is 1.06. The lowest BCUT2D eigenvalue weighted by Gasteiger charge is -2.37. The van der Waals surface area contributed by atoms with Gasteiger partial charge in [0, 0.05) is 0 Å². The Labute approximate surface area is 77.7 Å². The smallest absolute Gasteiger partial charge is 0.170 e. The second-order valence-corrected chi connectivity index (χ2v) is 3.73. The monoisotopic (exact) mass is 242 g/mol. The molecule has 1 fully saturated rings. The van der Waals surface area contributed by atoms with Gasteiger partial charge in [-0.05, 0) is 0 Å². The summed E-state index contributed by atoms with van der Waals surface area (Å²) >= 11 is 2.95. The zero-order valence-electron chi connectivity index (χ0n) is 6.17. The predicted molar refractivity (Wildman–Crippen MR) is 42.7 cm³/mol. The van der Waals surface area contributed by atoms with Crippen molar-refractivity contribution in [3.05, 3.63) is 0 Å². The molecule has 1 aliphatic rings. The Hall–Kier alpha value is 0.280. The van der Waals surface area contributed by atoms with Crippen molar-refractivity contribution in [1.82, 2.24) is 0 Å². The number of hydrogen-bond acceptors (Lipinski definition) is 5. The first-order valence-electron chi connectivity index (χ1n) is 3.52. The van der Waals surface area contributed by atoms with E-state index in [1.807, 2.05) is 0 Å². The van der Waals surface area contributed by atoms with Crippen molar-refractivity contribution in [2.45, 2.75) is 29.4 Å². The minimum atomic E-state index is -1.21. The molecule has 0 bridgehead atoms. The molecular weight excluding hydrogens is 232 g/mol. The number of rotatable bonds is 1. The van der Waals surface area contributed by atoms with E-state index in [-0.39, 0.29) is 0 Å². The molecule has 5 nitrogen and oxygen atoms in total. The van der Waals surface area contributed by atoms with E-state index in [2.05, 4.69) is 15.9 Å². The molecule has 6 heteroatoms. The van der Waals surface area contributed by atoms with E-state index in [0.717, 1.165) is 0 Å². The normalized spacial score (nSPS) is 49.2. The number of aliphatic hydroxyl groups is 4. The average Bonchev–Trinajstić information content (AvgIpc) is 2.08. The van der Waals surface area contributed by atoms with Gasteiger partial charge in [-0.25, -0.2) is 0 Å². The SMILES string of the molecule is OCC1O[C@@H](O)C(Br)C(O)[C@H]1O. The van der Waals surface area contributed by atoms with E-state index >= 15 is 0 Å². The largest absolute Gasteiger partial charge is 0.394 e. The van der Waals surface area contributed by atoms with Gasteiger partial charge in [0.1, 0.15) is 12.2 Å². The van der Waals surface area contributed by atoms with Crippen molar-refractivity contribution in [1.29, 1.82) is 0 Å². The Morgan fingerprint density at radius 3 is 2.25 bits per heavy atom. The Morgan fingerprint density at radius 2 is 1.75 bits per heavy atom. The maximum atomic E-state index is 9.27. The third-order valence-corrected chi connectivity index (χ3v) is 2.82. The average molecular weight is 243 g/mol. The molecule has 0 aliphatic carbocycles. The summed E-state index contributed by atoms with van der Waals surface area (Å²) in [7, 11) is 0. The molecule has 0 spiro atoms. The van der Waals surface area contributed by atoms with E-state index < -0.39 is 36.0 Å². The highest BCUT2D eigenvalue weighted by molar-refractivity contribution is 9.09. The van der Waals surface area contributed by atoms with Crippen LogP contribution in [0.2, 0.25) is 0 Å². The van der Waals surface area contributed by atoms with Gasteiger partial charge in [0.05, 0.1) is 17.5 Å². The summed E-state index contributed by atoms with van der Waals surface area (Å²) in [6.45, 7) is -0.436. The van der Waals surface area contributed by atoms with Crippen LogP contribution in [0.1, 0.15) is 0 Å². The summed E-state index contributed by atoms with van der Waals surface area (Å²) in [5, 5.41) is 36.3. The van der Waals surface area contributed by atoms with Gasteiger partial charge in [-0.2, -0.15) is 0 Å². The Bertz CT molecular complexity index is 150. The lowest BCUT2D eigenvalue weighted by molar-refractivity contribution is -0.233. The lowest BCUT2D eigenvalue weighted by atomic mass is 10.0. The van der Waals surface area contributed by atoms with Crippen molar-refractivity contribution in [3.8, 4) is 0 Å². The number of halogens is 1. The lowest BCUT2D eigenvalue weighted by Crippen LogP contribution is -2.56. The minimum absolute atomic E-state index is 0.436. The molecule has 0 amide bonds. The van der Waals surface area contributed by atoms with Crippen LogP contribution >= 0.6 is 15.9 Å². The van der Waals surface area contributed by atoms with E-state index in [4.69, 9.17) is 14.9 Å². The molecule has 0 radical (unpaired) electrons. The molecular formula is C6H11BrO5. The van der Waals surface area contributed by atoms with Gasteiger partial charge < -0.3 is 25.2 Å². The molecule has 12 heavy (non-hydrogen) atoms. The van der Waals surface area contributed by atoms with E-state index in [1.165, 1.54) is 0 Å². The maximum Gasteiger partial charge on any atom is 0.170 e. The first kappa shape index (κ1) is 10.4. The standard InChI is InChI=1S/C6H11BrO5/c7-3-5(10)4(9)2(1-8)12-6(3)11/h2-6,8-11H,1H2/t2?,3?,4-,5?,6+/m0/s1. The molecule has 0 aromatic heterocycles. The third kappa shape index (κ3) is 1.78. The van der Waals surface area contributed by atoms with Gasteiger partial charge in [-0.15, -0.1) is 0 Å². The molecule has 72 valence electrons. The number of hydrogen-bond donors (Lipinski definition) is 4. The zero-order chi connectivity index (χ0) is 9.30. The first-order chi connectivity index (χ1) is 5.57. The van der Waals surface area contributed by atoms with Gasteiger partial charge in [0.25, 0.3) is 0 Å². The van der Waals surface area contributed by atoms with E-state index in [1.54, 1.807) is 0 Å². The predicted octanol–water partition coefficient (Wildman–Crippen LogP) is -1.82.